The number of alkyl halides is 3. The van der Waals surface area contributed by atoms with E-state index in [9.17, 15) is 13.2 Å². The molecule has 8 heteroatoms. The molecule has 0 unspecified atom stereocenters. The van der Waals surface area contributed by atoms with Gasteiger partial charge in [-0.3, -0.25) is 5.41 Å². The number of benzene rings is 1. The molecule has 0 aliphatic heterocycles. The molecule has 0 radical (unpaired) electrons. The van der Waals surface area contributed by atoms with Gasteiger partial charge in [-0.25, -0.2) is 4.98 Å². The molecule has 0 aliphatic carbocycles. The maximum atomic E-state index is 12.0. The summed E-state index contributed by atoms with van der Waals surface area (Å²) in [5.41, 5.74) is 5.54. The van der Waals surface area contributed by atoms with Crippen molar-refractivity contribution in [1.82, 2.24) is 4.98 Å². The van der Waals surface area contributed by atoms with Gasteiger partial charge >= 0.3 is 6.36 Å². The second-order valence-corrected chi connectivity index (χ2v) is 3.90. The lowest BCUT2D eigenvalue weighted by atomic mass is 10.3. The fourth-order valence-electron chi connectivity index (χ4n) is 1.45. The summed E-state index contributed by atoms with van der Waals surface area (Å²) in [6.07, 6.45) is -4.74. The zero-order valence-corrected chi connectivity index (χ0v) is 10.5. The van der Waals surface area contributed by atoms with Crippen LogP contribution in [-0.4, -0.2) is 17.2 Å². The Morgan fingerprint density at radius 2 is 1.67 bits per heavy atom. The quantitative estimate of drug-likeness (QED) is 0.671. The lowest BCUT2D eigenvalue weighted by molar-refractivity contribution is -0.274. The highest BCUT2D eigenvalue weighted by Crippen LogP contribution is 2.26. The van der Waals surface area contributed by atoms with Crippen LogP contribution in [0.1, 0.15) is 5.69 Å². The fourth-order valence-corrected chi connectivity index (χ4v) is 1.45. The zero-order valence-electron chi connectivity index (χ0n) is 10.5. The topological polar surface area (TPSA) is 81.2 Å². The number of nitrogen functional groups attached to an aromatic ring is 1. The summed E-state index contributed by atoms with van der Waals surface area (Å²) in [4.78, 5) is 3.97. The van der Waals surface area contributed by atoms with Gasteiger partial charge in [-0.05, 0) is 30.3 Å². The number of aromatic nitrogens is 1. The lowest BCUT2D eigenvalue weighted by Gasteiger charge is -2.10. The van der Waals surface area contributed by atoms with E-state index in [1.807, 2.05) is 0 Å². The first-order chi connectivity index (χ1) is 9.83. The number of amidine groups is 1. The van der Waals surface area contributed by atoms with Gasteiger partial charge < -0.3 is 15.2 Å². The lowest BCUT2D eigenvalue weighted by Crippen LogP contribution is -2.16. The van der Waals surface area contributed by atoms with Gasteiger partial charge in [0.1, 0.15) is 23.0 Å². The van der Waals surface area contributed by atoms with Crippen LogP contribution in [-0.2, 0) is 0 Å². The molecule has 1 aromatic carbocycles. The van der Waals surface area contributed by atoms with Crippen LogP contribution in [0.15, 0.2) is 42.5 Å². The van der Waals surface area contributed by atoms with Crippen molar-refractivity contribution in [2.45, 2.75) is 6.36 Å². The summed E-state index contributed by atoms with van der Waals surface area (Å²) in [5.74, 6) is -0.111. The van der Waals surface area contributed by atoms with E-state index in [0.29, 0.717) is 0 Å². The number of hydrogen-bond donors (Lipinski definition) is 2. The highest BCUT2D eigenvalue weighted by Gasteiger charge is 2.30. The summed E-state index contributed by atoms with van der Waals surface area (Å²) < 4.78 is 45.1. The molecule has 1 heterocycles. The fraction of sp³-hybridized carbons (Fsp3) is 0.0769. The molecular weight excluding hydrogens is 287 g/mol. The van der Waals surface area contributed by atoms with E-state index in [2.05, 4.69) is 9.72 Å². The van der Waals surface area contributed by atoms with E-state index in [0.717, 1.165) is 12.1 Å². The molecule has 3 N–H and O–H groups in total. The predicted molar refractivity (Wildman–Crippen MR) is 68.5 cm³/mol. The van der Waals surface area contributed by atoms with Gasteiger partial charge in [0, 0.05) is 6.07 Å². The molecule has 1 aromatic heterocycles. The third kappa shape index (κ3) is 4.37. The second-order valence-electron chi connectivity index (χ2n) is 3.90. The molecule has 21 heavy (non-hydrogen) atoms. The van der Waals surface area contributed by atoms with Gasteiger partial charge in [-0.15, -0.1) is 13.2 Å². The van der Waals surface area contributed by atoms with Crippen LogP contribution >= 0.6 is 0 Å². The number of nitrogens with zero attached hydrogens (tertiary/aromatic N) is 1. The van der Waals surface area contributed by atoms with Gasteiger partial charge in [0.25, 0.3) is 0 Å². The third-order valence-electron chi connectivity index (χ3n) is 2.28. The van der Waals surface area contributed by atoms with E-state index >= 15 is 0 Å². The number of halogens is 3. The minimum absolute atomic E-state index is 0.173. The molecule has 0 saturated heterocycles. The molecule has 0 fully saturated rings. The van der Waals surface area contributed by atoms with Gasteiger partial charge in [0.2, 0.25) is 5.88 Å². The minimum Gasteiger partial charge on any atom is -0.439 e. The molecule has 0 bridgehead atoms. The first-order valence-electron chi connectivity index (χ1n) is 5.68. The molecule has 2 rings (SSSR count). The van der Waals surface area contributed by atoms with Crippen LogP contribution in [0.3, 0.4) is 0 Å². The molecule has 0 aliphatic rings. The Hall–Kier alpha value is -2.77. The monoisotopic (exact) mass is 297 g/mol. The van der Waals surface area contributed by atoms with Crippen molar-refractivity contribution in [2.75, 3.05) is 0 Å². The van der Waals surface area contributed by atoms with E-state index < -0.39 is 6.36 Å². The Morgan fingerprint density at radius 1 is 1.05 bits per heavy atom. The minimum atomic E-state index is -4.74. The van der Waals surface area contributed by atoms with Gasteiger partial charge in [0.05, 0.1) is 0 Å². The molecule has 0 amide bonds. The summed E-state index contributed by atoms with van der Waals surface area (Å²) in [6, 6.07) is 9.53. The maximum Gasteiger partial charge on any atom is 0.573 e. The van der Waals surface area contributed by atoms with Crippen LogP contribution < -0.4 is 15.2 Å². The number of nitrogens with one attached hydrogen (secondary N) is 1. The van der Waals surface area contributed by atoms with Crippen molar-refractivity contribution in [1.29, 1.82) is 5.41 Å². The van der Waals surface area contributed by atoms with E-state index in [1.54, 1.807) is 6.07 Å². The number of hydrogen-bond acceptors (Lipinski definition) is 4. The Bertz CT molecular complexity index is 642. The Labute approximate surface area is 117 Å². The van der Waals surface area contributed by atoms with Crippen molar-refractivity contribution >= 4 is 5.84 Å². The second kappa shape index (κ2) is 5.70. The largest absolute Gasteiger partial charge is 0.573 e. The van der Waals surface area contributed by atoms with Crippen molar-refractivity contribution in [2.24, 2.45) is 5.73 Å². The number of ether oxygens (including phenoxy) is 2. The molecule has 2 aromatic rings. The van der Waals surface area contributed by atoms with Crippen molar-refractivity contribution < 1.29 is 22.6 Å². The Balaban J connectivity index is 2.10. The predicted octanol–water partition coefficient (Wildman–Crippen LogP) is 3.06. The molecule has 0 atom stereocenters. The number of pyridine rings is 1. The Kier molecular flexibility index (Phi) is 3.97. The van der Waals surface area contributed by atoms with E-state index in [4.69, 9.17) is 15.9 Å². The highest BCUT2D eigenvalue weighted by molar-refractivity contribution is 5.93. The number of rotatable bonds is 4. The molecular formula is C13H10F3N3O2. The number of nitrogens with two attached hydrogens (primary N) is 1. The summed E-state index contributed by atoms with van der Waals surface area (Å²) in [7, 11) is 0. The highest BCUT2D eigenvalue weighted by atomic mass is 19.4. The van der Waals surface area contributed by atoms with Gasteiger partial charge in [-0.1, -0.05) is 6.07 Å². The third-order valence-corrected chi connectivity index (χ3v) is 2.28. The van der Waals surface area contributed by atoms with E-state index in [-0.39, 0.29) is 28.9 Å². The summed E-state index contributed by atoms with van der Waals surface area (Å²) in [6.45, 7) is 0. The zero-order chi connectivity index (χ0) is 15.5. The molecule has 5 nitrogen and oxygen atoms in total. The van der Waals surface area contributed by atoms with E-state index in [1.165, 1.54) is 24.3 Å². The van der Waals surface area contributed by atoms with Crippen LogP contribution in [0, 0.1) is 5.41 Å². The van der Waals surface area contributed by atoms with Crippen LogP contribution in [0.4, 0.5) is 13.2 Å². The van der Waals surface area contributed by atoms with Crippen LogP contribution in [0.5, 0.6) is 17.4 Å². The SMILES string of the molecule is N=C(N)c1cccc(Oc2ccc(OC(F)(F)F)cc2)n1. The molecule has 110 valence electrons. The van der Waals surface area contributed by atoms with Gasteiger partial charge in [0.15, 0.2) is 0 Å². The first-order valence-corrected chi connectivity index (χ1v) is 5.68. The summed E-state index contributed by atoms with van der Waals surface area (Å²) >= 11 is 0. The van der Waals surface area contributed by atoms with Crippen LogP contribution in [0.2, 0.25) is 0 Å². The summed E-state index contributed by atoms with van der Waals surface area (Å²) in [5, 5.41) is 7.26. The molecule has 0 saturated carbocycles. The normalized spacial score (nSPS) is 11.0. The molecule has 0 spiro atoms. The van der Waals surface area contributed by atoms with Crippen molar-refractivity contribution in [3.63, 3.8) is 0 Å². The average molecular weight is 297 g/mol. The average Bonchev–Trinajstić information content (AvgIpc) is 2.40. The van der Waals surface area contributed by atoms with Crippen LogP contribution in [0.25, 0.3) is 0 Å². The standard InChI is InChI=1S/C13H10F3N3O2/c14-13(15,16)21-9-6-4-8(5-7-9)20-11-3-1-2-10(19-11)12(17)18/h1-7H,(H3,17,18). The van der Waals surface area contributed by atoms with Crippen molar-refractivity contribution in [3.8, 4) is 17.4 Å². The van der Waals surface area contributed by atoms with Gasteiger partial charge in [-0.2, -0.15) is 0 Å². The first kappa shape index (κ1) is 14.6. The smallest absolute Gasteiger partial charge is 0.439 e. The maximum absolute atomic E-state index is 12.0. The Morgan fingerprint density at radius 3 is 2.24 bits per heavy atom. The van der Waals surface area contributed by atoms with Crippen molar-refractivity contribution in [3.05, 3.63) is 48.2 Å².